The summed E-state index contributed by atoms with van der Waals surface area (Å²) < 4.78 is 51.0. The number of hydrogen-bond donors (Lipinski definition) is 1. The predicted molar refractivity (Wildman–Crippen MR) is 130 cm³/mol. The van der Waals surface area contributed by atoms with E-state index in [1.54, 1.807) is 32.6 Å². The molecular weight excluding hydrogens is 501 g/mol. The first-order valence-corrected chi connectivity index (χ1v) is 13.6. The van der Waals surface area contributed by atoms with Crippen molar-refractivity contribution in [1.29, 1.82) is 0 Å². The molecule has 1 amide bonds. The molecule has 35 heavy (non-hydrogen) atoms. The van der Waals surface area contributed by atoms with Gasteiger partial charge in [0.05, 0.1) is 6.10 Å². The maximum Gasteiger partial charge on any atom is 0.410 e. The lowest BCUT2D eigenvalue weighted by Crippen LogP contribution is -2.46. The Balaban J connectivity index is 2.14. The smallest absolute Gasteiger partial charge is 0.410 e. The Kier molecular flexibility index (Phi) is 7.95. The Labute approximate surface area is 209 Å². The number of halogens is 2. The second kappa shape index (κ2) is 10.3. The Morgan fingerprint density at radius 2 is 2.00 bits per heavy atom. The van der Waals surface area contributed by atoms with Crippen molar-refractivity contribution in [1.82, 2.24) is 19.9 Å². The van der Waals surface area contributed by atoms with Gasteiger partial charge in [-0.05, 0) is 34.1 Å². The van der Waals surface area contributed by atoms with Crippen molar-refractivity contribution in [2.45, 2.75) is 76.8 Å². The first kappa shape index (κ1) is 27.1. The van der Waals surface area contributed by atoms with E-state index in [4.69, 9.17) is 21.1 Å². The molecule has 0 aromatic carbocycles. The summed E-state index contributed by atoms with van der Waals surface area (Å²) in [4.78, 5) is 26.8. The van der Waals surface area contributed by atoms with Gasteiger partial charge in [-0.1, -0.05) is 24.9 Å². The van der Waals surface area contributed by atoms with Gasteiger partial charge in [-0.2, -0.15) is 4.98 Å². The number of aromatic nitrogens is 3. The van der Waals surface area contributed by atoms with E-state index in [1.807, 2.05) is 6.92 Å². The molecule has 0 fully saturated rings. The molecule has 194 valence electrons. The number of rotatable bonds is 3. The third-order valence-electron chi connectivity index (χ3n) is 5.28. The number of nitrogens with zero attached hydrogens (tertiary/aromatic N) is 4. The third kappa shape index (κ3) is 6.40. The van der Waals surface area contributed by atoms with Gasteiger partial charge < -0.3 is 19.7 Å². The van der Waals surface area contributed by atoms with E-state index in [0.717, 1.165) is 12.7 Å². The van der Waals surface area contributed by atoms with Gasteiger partial charge in [0.1, 0.15) is 22.3 Å². The minimum atomic E-state index is -3.88. The van der Waals surface area contributed by atoms with Crippen LogP contribution >= 0.6 is 11.6 Å². The van der Waals surface area contributed by atoms with E-state index in [0.29, 0.717) is 12.8 Å². The fourth-order valence-electron chi connectivity index (χ4n) is 3.87. The van der Waals surface area contributed by atoms with Gasteiger partial charge in [-0.15, -0.1) is 0 Å². The molecule has 0 saturated carbocycles. The van der Waals surface area contributed by atoms with Crippen molar-refractivity contribution in [3.63, 3.8) is 0 Å². The van der Waals surface area contributed by atoms with Crippen LogP contribution in [0, 0.1) is 5.82 Å². The SMILES string of the molecule is CCCC1C[C@H](C)Oc2nc(Cl)c(F)c3nc(S(C)(=O)=O)nc(c23)NCCN1C(=O)OC(C)(C)C. The number of ether oxygens (including phenoxy) is 2. The van der Waals surface area contributed by atoms with Gasteiger partial charge in [-0.3, -0.25) is 0 Å². The lowest BCUT2D eigenvalue weighted by Gasteiger charge is -2.34. The molecule has 0 aliphatic carbocycles. The highest BCUT2D eigenvalue weighted by molar-refractivity contribution is 7.90. The first-order chi connectivity index (χ1) is 16.2. The normalized spacial score (nSPS) is 19.5. The highest BCUT2D eigenvalue weighted by atomic mass is 35.5. The fourth-order valence-corrected chi connectivity index (χ4v) is 4.55. The minimum Gasteiger partial charge on any atom is -0.474 e. The van der Waals surface area contributed by atoms with Crippen molar-refractivity contribution in [2.75, 3.05) is 24.7 Å². The van der Waals surface area contributed by atoms with Crippen LogP contribution in [0.4, 0.5) is 15.0 Å². The van der Waals surface area contributed by atoms with Crippen LogP contribution in [0.15, 0.2) is 5.16 Å². The molecule has 0 bridgehead atoms. The summed E-state index contributed by atoms with van der Waals surface area (Å²) in [5.74, 6) is -0.993. The molecule has 3 rings (SSSR count). The van der Waals surface area contributed by atoms with E-state index < -0.39 is 43.8 Å². The zero-order chi connectivity index (χ0) is 26.1. The largest absolute Gasteiger partial charge is 0.474 e. The van der Waals surface area contributed by atoms with E-state index in [9.17, 15) is 17.6 Å². The second-order valence-electron chi connectivity index (χ2n) is 9.58. The summed E-state index contributed by atoms with van der Waals surface area (Å²) in [5, 5.41) is 2.01. The maximum atomic E-state index is 14.9. The van der Waals surface area contributed by atoms with Crippen LogP contribution in [0.1, 0.15) is 53.9 Å². The monoisotopic (exact) mass is 531 g/mol. The molecule has 2 aromatic rings. The topological polar surface area (TPSA) is 124 Å². The number of anilines is 1. The summed E-state index contributed by atoms with van der Waals surface area (Å²) in [6, 6.07) is -0.211. The van der Waals surface area contributed by atoms with Crippen molar-refractivity contribution in [3.8, 4) is 5.88 Å². The molecule has 0 saturated heterocycles. The van der Waals surface area contributed by atoms with Crippen molar-refractivity contribution in [2.24, 2.45) is 0 Å². The quantitative estimate of drug-likeness (QED) is 0.458. The van der Waals surface area contributed by atoms with E-state index in [2.05, 4.69) is 20.3 Å². The number of amides is 1. The average molecular weight is 532 g/mol. The minimum absolute atomic E-state index is 0.0128. The number of nitrogens with one attached hydrogen (secondary N) is 1. The zero-order valence-electron chi connectivity index (χ0n) is 20.7. The second-order valence-corrected chi connectivity index (χ2v) is 11.8. The van der Waals surface area contributed by atoms with Gasteiger partial charge >= 0.3 is 6.09 Å². The van der Waals surface area contributed by atoms with Gasteiger partial charge in [0.2, 0.25) is 20.9 Å². The highest BCUT2D eigenvalue weighted by Crippen LogP contribution is 2.35. The highest BCUT2D eigenvalue weighted by Gasteiger charge is 2.31. The molecule has 3 heterocycles. The van der Waals surface area contributed by atoms with Crippen LogP contribution in [-0.4, -0.2) is 71.5 Å². The molecule has 2 aromatic heterocycles. The maximum absolute atomic E-state index is 14.9. The molecule has 1 N–H and O–H groups in total. The fraction of sp³-hybridized carbons (Fsp3) is 0.636. The van der Waals surface area contributed by atoms with Crippen LogP contribution in [0.25, 0.3) is 10.9 Å². The Hall–Kier alpha value is -2.47. The standard InChI is InChI=1S/C22H31ClFN5O5S/c1-7-8-13-11-12(2)33-19-14-16(15(24)17(23)27-19)26-20(35(6,31)32)28-18(14)25-9-10-29(13)21(30)34-22(3,4)5/h12-13H,7-11H2,1-6H3,(H,25,26,28)/t12-,13?/m0/s1. The lowest BCUT2D eigenvalue weighted by molar-refractivity contribution is 0.0115. The summed E-state index contributed by atoms with van der Waals surface area (Å²) in [6.07, 6.45) is 1.95. The number of sulfone groups is 1. The number of carbonyl (C=O) groups excluding carboxylic acids is 1. The third-order valence-corrected chi connectivity index (χ3v) is 6.37. The number of carbonyl (C=O) groups is 1. The molecule has 10 nitrogen and oxygen atoms in total. The summed E-state index contributed by atoms with van der Waals surface area (Å²) >= 11 is 6.00. The summed E-state index contributed by atoms with van der Waals surface area (Å²) in [6.45, 7) is 9.60. The van der Waals surface area contributed by atoms with Gasteiger partial charge in [-0.25, -0.2) is 27.6 Å². The van der Waals surface area contributed by atoms with Crippen LogP contribution < -0.4 is 10.1 Å². The summed E-state index contributed by atoms with van der Waals surface area (Å²) in [7, 11) is -3.88. The lowest BCUT2D eigenvalue weighted by atomic mass is 10.0. The molecular formula is C22H31ClFN5O5S. The molecule has 13 heteroatoms. The Morgan fingerprint density at radius 1 is 1.31 bits per heavy atom. The van der Waals surface area contributed by atoms with Crippen molar-refractivity contribution in [3.05, 3.63) is 11.0 Å². The summed E-state index contributed by atoms with van der Waals surface area (Å²) in [5.41, 5.74) is -1.01. The van der Waals surface area contributed by atoms with Crippen LogP contribution in [0.2, 0.25) is 5.15 Å². The molecule has 2 atom stereocenters. The Morgan fingerprint density at radius 3 is 2.60 bits per heavy atom. The molecule has 1 unspecified atom stereocenters. The van der Waals surface area contributed by atoms with Gasteiger partial charge in [0, 0.05) is 31.8 Å². The molecule has 0 spiro atoms. The van der Waals surface area contributed by atoms with Crippen LogP contribution in [0.3, 0.4) is 0 Å². The van der Waals surface area contributed by atoms with E-state index in [1.165, 1.54) is 0 Å². The van der Waals surface area contributed by atoms with Crippen LogP contribution in [-0.2, 0) is 14.6 Å². The van der Waals surface area contributed by atoms with E-state index in [-0.39, 0.29) is 41.7 Å². The van der Waals surface area contributed by atoms with Gasteiger partial charge in [0.25, 0.3) is 0 Å². The first-order valence-electron chi connectivity index (χ1n) is 11.4. The zero-order valence-corrected chi connectivity index (χ0v) is 22.3. The van der Waals surface area contributed by atoms with E-state index >= 15 is 0 Å². The van der Waals surface area contributed by atoms with Crippen LogP contribution in [0.5, 0.6) is 5.88 Å². The average Bonchev–Trinajstić information content (AvgIpc) is 2.73. The van der Waals surface area contributed by atoms with Crippen molar-refractivity contribution >= 4 is 44.3 Å². The molecule has 0 radical (unpaired) electrons. The molecule has 1 aliphatic heterocycles. The Bertz CT molecular complexity index is 1220. The van der Waals surface area contributed by atoms with Crippen molar-refractivity contribution < 1.29 is 27.1 Å². The number of pyridine rings is 1. The predicted octanol–water partition coefficient (Wildman–Crippen LogP) is 4.21. The molecule has 1 aliphatic rings. The number of hydrogen-bond acceptors (Lipinski definition) is 9. The van der Waals surface area contributed by atoms with Gasteiger partial charge in [0.15, 0.2) is 11.0 Å².